The van der Waals surface area contributed by atoms with Gasteiger partial charge in [-0.2, -0.15) is 5.26 Å². The van der Waals surface area contributed by atoms with Crippen molar-refractivity contribution in [2.45, 2.75) is 63.8 Å². The van der Waals surface area contributed by atoms with Crippen LogP contribution in [0.3, 0.4) is 0 Å². The number of rotatable bonds is 9. The van der Waals surface area contributed by atoms with E-state index in [1.54, 1.807) is 0 Å². The Balaban J connectivity index is 1.47. The first-order chi connectivity index (χ1) is 25.1. The SMILES string of the molecule is COc1cc(C(=O)O[C@H](C)OC(=O)N2CCOCC2)ccc1NC(=O)[C@@H]1N[C@@H](CC(C)(C)C)[C@](C#N)(c2ccc(Cl)cc2F)[C@H]1c1cccc(Cl)c1F. The number of halogens is 4. The first kappa shape index (κ1) is 39.7. The lowest BCUT2D eigenvalue weighted by atomic mass is 9.62. The molecule has 0 aromatic heterocycles. The normalized spacial score (nSPS) is 22.0. The average Bonchev–Trinajstić information content (AvgIpc) is 3.42. The Labute approximate surface area is 316 Å². The Kier molecular flexibility index (Phi) is 12.2. The van der Waals surface area contributed by atoms with Crippen molar-refractivity contribution in [3.05, 3.63) is 93.0 Å². The number of nitrogens with one attached hydrogen (secondary N) is 2. The number of ether oxygens (including phenoxy) is 4. The quantitative estimate of drug-likeness (QED) is 0.171. The summed E-state index contributed by atoms with van der Waals surface area (Å²) in [6.07, 6.45) is -1.58. The summed E-state index contributed by atoms with van der Waals surface area (Å²) in [5.74, 6) is -4.40. The van der Waals surface area contributed by atoms with Crippen LogP contribution in [0.25, 0.3) is 0 Å². The molecule has 15 heteroatoms. The second kappa shape index (κ2) is 16.3. The molecule has 0 unspecified atom stereocenters. The lowest BCUT2D eigenvalue weighted by molar-refractivity contribution is -0.118. The van der Waals surface area contributed by atoms with E-state index in [1.807, 2.05) is 20.8 Å². The van der Waals surface area contributed by atoms with Crippen LogP contribution in [0.1, 0.15) is 61.5 Å². The molecule has 0 saturated carbocycles. The van der Waals surface area contributed by atoms with Gasteiger partial charge >= 0.3 is 12.1 Å². The average molecular weight is 774 g/mol. The molecule has 2 aliphatic rings. The highest BCUT2D eigenvalue weighted by molar-refractivity contribution is 6.31. The van der Waals surface area contributed by atoms with Crippen LogP contribution >= 0.6 is 23.2 Å². The summed E-state index contributed by atoms with van der Waals surface area (Å²) in [7, 11) is 1.33. The van der Waals surface area contributed by atoms with Crippen LogP contribution in [-0.4, -0.2) is 74.7 Å². The monoisotopic (exact) mass is 772 g/mol. The molecule has 2 heterocycles. The van der Waals surface area contributed by atoms with Crippen LogP contribution in [0.4, 0.5) is 19.3 Å². The first-order valence-corrected chi connectivity index (χ1v) is 17.6. The minimum Gasteiger partial charge on any atom is -0.495 e. The number of hydrogen-bond donors (Lipinski definition) is 2. The second-order valence-corrected chi connectivity index (χ2v) is 14.9. The van der Waals surface area contributed by atoms with E-state index < -0.39 is 64.7 Å². The van der Waals surface area contributed by atoms with Crippen LogP contribution in [0.2, 0.25) is 10.0 Å². The molecule has 0 spiro atoms. The van der Waals surface area contributed by atoms with Crippen LogP contribution in [0.15, 0.2) is 54.6 Å². The molecule has 2 aliphatic heterocycles. The van der Waals surface area contributed by atoms with Crippen LogP contribution in [-0.2, 0) is 24.4 Å². The van der Waals surface area contributed by atoms with Gasteiger partial charge in [-0.3, -0.25) is 4.79 Å². The van der Waals surface area contributed by atoms with Gasteiger partial charge < -0.3 is 34.5 Å². The lowest BCUT2D eigenvalue weighted by Gasteiger charge is -2.37. The van der Waals surface area contributed by atoms with Crippen LogP contribution in [0, 0.1) is 28.4 Å². The van der Waals surface area contributed by atoms with Crippen molar-refractivity contribution in [3.63, 3.8) is 0 Å². The van der Waals surface area contributed by atoms with Gasteiger partial charge in [0, 0.05) is 42.6 Å². The van der Waals surface area contributed by atoms with Crippen molar-refractivity contribution in [1.29, 1.82) is 5.26 Å². The molecule has 53 heavy (non-hydrogen) atoms. The molecule has 5 atom stereocenters. The van der Waals surface area contributed by atoms with E-state index in [4.69, 9.17) is 42.1 Å². The third-order valence-electron chi connectivity index (χ3n) is 9.24. The van der Waals surface area contributed by atoms with E-state index >= 15 is 8.78 Å². The molecular formula is C38H40Cl2F2N4O7. The molecule has 0 aliphatic carbocycles. The van der Waals surface area contributed by atoms with E-state index in [0.29, 0.717) is 26.3 Å². The fraction of sp³-hybridized carbons (Fsp3) is 0.421. The van der Waals surface area contributed by atoms with E-state index in [9.17, 15) is 19.6 Å². The number of morpholine rings is 1. The summed E-state index contributed by atoms with van der Waals surface area (Å²) in [6, 6.07) is 12.4. The number of hydrogen-bond acceptors (Lipinski definition) is 9. The highest BCUT2D eigenvalue weighted by atomic mass is 35.5. The van der Waals surface area contributed by atoms with Gasteiger partial charge in [-0.15, -0.1) is 0 Å². The number of nitrogens with zero attached hydrogens (tertiary/aromatic N) is 2. The maximum atomic E-state index is 16.0. The molecule has 2 amide bonds. The van der Waals surface area contributed by atoms with Gasteiger partial charge in [-0.1, -0.05) is 62.2 Å². The van der Waals surface area contributed by atoms with Gasteiger partial charge in [0.15, 0.2) is 0 Å². The van der Waals surface area contributed by atoms with Crippen molar-refractivity contribution in [3.8, 4) is 11.8 Å². The molecule has 2 saturated heterocycles. The zero-order valence-corrected chi connectivity index (χ0v) is 31.3. The number of anilines is 1. The van der Waals surface area contributed by atoms with E-state index in [2.05, 4.69) is 16.7 Å². The largest absolute Gasteiger partial charge is 0.495 e. The molecule has 3 aromatic carbocycles. The molecule has 2 fully saturated rings. The third-order valence-corrected chi connectivity index (χ3v) is 9.76. The molecule has 2 N–H and O–H groups in total. The summed E-state index contributed by atoms with van der Waals surface area (Å²) in [5.41, 5.74) is -2.22. The minimum absolute atomic E-state index is 0.0268. The fourth-order valence-electron chi connectivity index (χ4n) is 6.89. The van der Waals surface area contributed by atoms with Crippen molar-refractivity contribution in [1.82, 2.24) is 10.2 Å². The van der Waals surface area contributed by atoms with Gasteiger partial charge in [0.25, 0.3) is 0 Å². The zero-order chi connectivity index (χ0) is 38.7. The summed E-state index contributed by atoms with van der Waals surface area (Å²) in [4.78, 5) is 41.2. The number of nitriles is 1. The number of esters is 1. The van der Waals surface area contributed by atoms with Gasteiger partial charge in [0.1, 0.15) is 22.8 Å². The molecule has 11 nitrogen and oxygen atoms in total. The Morgan fingerprint density at radius 3 is 2.45 bits per heavy atom. The molecule has 282 valence electrons. The Bertz CT molecular complexity index is 1910. The summed E-state index contributed by atoms with van der Waals surface area (Å²) >= 11 is 12.4. The van der Waals surface area contributed by atoms with Crippen LogP contribution < -0.4 is 15.4 Å². The lowest BCUT2D eigenvalue weighted by Crippen LogP contribution is -2.45. The van der Waals surface area contributed by atoms with Crippen molar-refractivity contribution in [2.24, 2.45) is 5.41 Å². The fourth-order valence-corrected chi connectivity index (χ4v) is 7.23. The van der Waals surface area contributed by atoms with Crippen molar-refractivity contribution >= 4 is 46.9 Å². The molecule has 5 rings (SSSR count). The number of carbonyl (C=O) groups is 3. The maximum Gasteiger partial charge on any atom is 0.413 e. The standard InChI is InChI=1S/C38H40Cl2F2N4O7/c1-21(53-36(49)46-13-15-51-16-14-46)52-35(48)22-9-12-28(29(17-22)50-5)44-34(47)33-31(24-7-6-8-26(40)32(24)42)38(20-43,30(45-33)19-37(2,3)4)25-11-10-23(39)18-27(25)41/h6-12,17-18,21,30-31,33,45H,13-16,19H2,1-5H3,(H,44,47)/t21-,30-,31-,33+,38-/m0/s1. The number of methoxy groups -OCH3 is 1. The number of amides is 2. The Morgan fingerprint density at radius 1 is 1.09 bits per heavy atom. The predicted molar refractivity (Wildman–Crippen MR) is 193 cm³/mol. The number of carbonyl (C=O) groups excluding carboxylic acids is 3. The molecule has 3 aromatic rings. The first-order valence-electron chi connectivity index (χ1n) is 16.9. The second-order valence-electron chi connectivity index (χ2n) is 14.0. The summed E-state index contributed by atoms with van der Waals surface area (Å²) in [6.45, 7) is 8.65. The third kappa shape index (κ3) is 8.52. The van der Waals surface area contributed by atoms with E-state index in [1.165, 1.54) is 67.5 Å². The zero-order valence-electron chi connectivity index (χ0n) is 29.8. The Hall–Kier alpha value is -4.48. The smallest absolute Gasteiger partial charge is 0.413 e. The maximum absolute atomic E-state index is 16.0. The molecular weight excluding hydrogens is 733 g/mol. The highest BCUT2D eigenvalue weighted by Crippen LogP contribution is 2.53. The summed E-state index contributed by atoms with van der Waals surface area (Å²) in [5, 5.41) is 17.0. The minimum atomic E-state index is -1.82. The molecule has 0 bridgehead atoms. The predicted octanol–water partition coefficient (Wildman–Crippen LogP) is 7.21. The topological polar surface area (TPSA) is 139 Å². The van der Waals surface area contributed by atoms with Crippen molar-refractivity contribution in [2.75, 3.05) is 38.7 Å². The van der Waals surface area contributed by atoms with Crippen LogP contribution in [0.5, 0.6) is 5.75 Å². The van der Waals surface area contributed by atoms with Gasteiger partial charge in [-0.25, -0.2) is 18.4 Å². The van der Waals surface area contributed by atoms with Gasteiger partial charge in [-0.05, 0) is 53.8 Å². The Morgan fingerprint density at radius 2 is 1.81 bits per heavy atom. The molecule has 0 radical (unpaired) electrons. The van der Waals surface area contributed by atoms with Gasteiger partial charge in [0.2, 0.25) is 12.2 Å². The summed E-state index contributed by atoms with van der Waals surface area (Å²) < 4.78 is 53.3. The van der Waals surface area contributed by atoms with Crippen molar-refractivity contribution < 1.29 is 42.1 Å². The van der Waals surface area contributed by atoms with Gasteiger partial charge in [0.05, 0.1) is 48.7 Å². The van der Waals surface area contributed by atoms with E-state index in [-0.39, 0.29) is 44.6 Å². The highest BCUT2D eigenvalue weighted by Gasteiger charge is 2.61. The van der Waals surface area contributed by atoms with E-state index in [0.717, 1.165) is 6.07 Å². The number of benzene rings is 3.